The van der Waals surface area contributed by atoms with E-state index < -0.39 is 0 Å². The zero-order valence-corrected chi connectivity index (χ0v) is 12.2. The molecule has 2 aromatic carbocycles. The van der Waals surface area contributed by atoms with Crippen LogP contribution in [0.15, 0.2) is 42.5 Å². The highest BCUT2D eigenvalue weighted by molar-refractivity contribution is 6.32. The summed E-state index contributed by atoms with van der Waals surface area (Å²) in [7, 11) is 0. The van der Waals surface area contributed by atoms with Gasteiger partial charge in [-0.05, 0) is 37.3 Å². The average molecular weight is 307 g/mol. The number of imidazole rings is 1. The smallest absolute Gasteiger partial charge is 0.153 e. The van der Waals surface area contributed by atoms with Crippen molar-refractivity contribution in [1.29, 1.82) is 0 Å². The van der Waals surface area contributed by atoms with Crippen LogP contribution in [0.2, 0.25) is 10.0 Å². The first kappa shape index (κ1) is 13.3. The molecule has 0 amide bonds. The van der Waals surface area contributed by atoms with Gasteiger partial charge in [-0.3, -0.25) is 0 Å². The Labute approximate surface area is 126 Å². The summed E-state index contributed by atoms with van der Waals surface area (Å²) < 4.78 is 5.83. The van der Waals surface area contributed by atoms with Crippen LogP contribution in [0, 0.1) is 0 Å². The molecule has 5 heteroatoms. The number of rotatable bonds is 3. The quantitative estimate of drug-likeness (QED) is 0.738. The van der Waals surface area contributed by atoms with Gasteiger partial charge in [-0.25, -0.2) is 4.98 Å². The Morgan fingerprint density at radius 3 is 2.75 bits per heavy atom. The van der Waals surface area contributed by atoms with E-state index in [4.69, 9.17) is 27.9 Å². The van der Waals surface area contributed by atoms with Crippen LogP contribution in [-0.2, 0) is 0 Å². The van der Waals surface area contributed by atoms with Crippen LogP contribution < -0.4 is 4.74 Å². The molecule has 0 bridgehead atoms. The van der Waals surface area contributed by atoms with E-state index in [0.717, 1.165) is 16.9 Å². The number of fused-ring (bicyclic) bond motifs is 1. The van der Waals surface area contributed by atoms with Gasteiger partial charge >= 0.3 is 0 Å². The molecule has 1 heterocycles. The Balaban J connectivity index is 1.89. The number of nitrogens with zero attached hydrogens (tertiary/aromatic N) is 1. The van der Waals surface area contributed by atoms with Gasteiger partial charge in [0.05, 0.1) is 16.1 Å². The Morgan fingerprint density at radius 2 is 1.95 bits per heavy atom. The molecule has 1 N–H and O–H groups in total. The predicted molar refractivity (Wildman–Crippen MR) is 81.6 cm³/mol. The van der Waals surface area contributed by atoms with Crippen LogP contribution in [0.25, 0.3) is 11.0 Å². The van der Waals surface area contributed by atoms with Gasteiger partial charge in [-0.1, -0.05) is 35.3 Å². The molecule has 3 nitrogen and oxygen atoms in total. The number of halogens is 2. The van der Waals surface area contributed by atoms with Crippen molar-refractivity contribution in [3.05, 3.63) is 58.3 Å². The number of nitrogens with one attached hydrogen (secondary N) is 1. The normalized spacial score (nSPS) is 12.6. The summed E-state index contributed by atoms with van der Waals surface area (Å²) in [6, 6.07) is 12.9. The lowest BCUT2D eigenvalue weighted by molar-refractivity contribution is 0.218. The van der Waals surface area contributed by atoms with Crippen LogP contribution in [0.3, 0.4) is 0 Å². The van der Waals surface area contributed by atoms with E-state index in [1.54, 1.807) is 6.07 Å². The summed E-state index contributed by atoms with van der Waals surface area (Å²) in [4.78, 5) is 7.71. The molecule has 1 aromatic heterocycles. The van der Waals surface area contributed by atoms with Gasteiger partial charge in [-0.15, -0.1) is 0 Å². The van der Waals surface area contributed by atoms with Crippen LogP contribution in [-0.4, -0.2) is 9.97 Å². The first-order valence-electron chi connectivity index (χ1n) is 6.20. The fraction of sp³-hybridized carbons (Fsp3) is 0.133. The molecule has 0 fully saturated rings. The zero-order chi connectivity index (χ0) is 14.1. The summed E-state index contributed by atoms with van der Waals surface area (Å²) in [5.74, 6) is 1.38. The summed E-state index contributed by atoms with van der Waals surface area (Å²) in [5.41, 5.74) is 1.75. The lowest BCUT2D eigenvalue weighted by Gasteiger charge is -2.13. The fourth-order valence-corrected chi connectivity index (χ4v) is 2.33. The number of aromatic nitrogens is 2. The lowest BCUT2D eigenvalue weighted by Crippen LogP contribution is -2.05. The van der Waals surface area contributed by atoms with Crippen molar-refractivity contribution in [1.82, 2.24) is 9.97 Å². The van der Waals surface area contributed by atoms with E-state index in [2.05, 4.69) is 9.97 Å². The Morgan fingerprint density at radius 1 is 1.15 bits per heavy atom. The summed E-state index contributed by atoms with van der Waals surface area (Å²) in [5, 5.41) is 1.26. The highest BCUT2D eigenvalue weighted by atomic mass is 35.5. The van der Waals surface area contributed by atoms with E-state index >= 15 is 0 Å². The third-order valence-corrected chi connectivity index (χ3v) is 3.54. The maximum absolute atomic E-state index is 6.08. The van der Waals surface area contributed by atoms with Crippen molar-refractivity contribution in [2.75, 3.05) is 0 Å². The largest absolute Gasteiger partial charge is 0.481 e. The number of ether oxygens (including phenoxy) is 1. The van der Waals surface area contributed by atoms with Crippen LogP contribution in [0.1, 0.15) is 18.9 Å². The second kappa shape index (κ2) is 5.35. The Bertz CT molecular complexity index is 754. The SMILES string of the molecule is C[C@@H](Oc1ccccc1Cl)c1nc2ccc(Cl)cc2[nH]1. The predicted octanol–water partition coefficient (Wildman–Crippen LogP) is 5.01. The van der Waals surface area contributed by atoms with Crippen molar-refractivity contribution in [3.8, 4) is 5.75 Å². The number of H-pyrrole nitrogens is 1. The standard InChI is InChI=1S/C15H12Cl2N2O/c1-9(20-14-5-3-2-4-11(14)17)15-18-12-7-6-10(16)8-13(12)19-15/h2-9H,1H3,(H,18,19)/t9-/m1/s1. The van der Waals surface area contributed by atoms with E-state index in [1.807, 2.05) is 43.3 Å². The van der Waals surface area contributed by atoms with E-state index in [0.29, 0.717) is 15.8 Å². The maximum atomic E-state index is 6.08. The second-order valence-corrected chi connectivity index (χ2v) is 5.32. The van der Waals surface area contributed by atoms with E-state index in [1.165, 1.54) is 0 Å². The molecule has 0 saturated heterocycles. The number of para-hydroxylation sites is 1. The maximum Gasteiger partial charge on any atom is 0.153 e. The highest BCUT2D eigenvalue weighted by Crippen LogP contribution is 2.28. The molecule has 0 unspecified atom stereocenters. The minimum atomic E-state index is -0.235. The van der Waals surface area contributed by atoms with Crippen molar-refractivity contribution in [2.24, 2.45) is 0 Å². The summed E-state index contributed by atoms with van der Waals surface area (Å²) in [6.45, 7) is 1.92. The molecule has 1 atom stereocenters. The molecule has 0 radical (unpaired) electrons. The molecule has 0 saturated carbocycles. The molecule has 0 aliphatic carbocycles. The molecule has 102 valence electrons. The van der Waals surface area contributed by atoms with Crippen molar-refractivity contribution >= 4 is 34.2 Å². The minimum Gasteiger partial charge on any atom is -0.481 e. The topological polar surface area (TPSA) is 37.9 Å². The fourth-order valence-electron chi connectivity index (χ4n) is 1.98. The summed E-state index contributed by atoms with van der Waals surface area (Å²) >= 11 is 12.0. The lowest BCUT2D eigenvalue weighted by atomic mass is 10.3. The molecule has 0 aliphatic heterocycles. The third kappa shape index (κ3) is 2.60. The molecule has 0 spiro atoms. The van der Waals surface area contributed by atoms with Gasteiger partial charge in [0.2, 0.25) is 0 Å². The highest BCUT2D eigenvalue weighted by Gasteiger charge is 2.14. The minimum absolute atomic E-state index is 0.235. The van der Waals surface area contributed by atoms with Gasteiger partial charge in [0, 0.05) is 5.02 Å². The van der Waals surface area contributed by atoms with Gasteiger partial charge < -0.3 is 9.72 Å². The first-order chi connectivity index (χ1) is 9.63. The zero-order valence-electron chi connectivity index (χ0n) is 10.7. The van der Waals surface area contributed by atoms with Crippen molar-refractivity contribution in [3.63, 3.8) is 0 Å². The first-order valence-corrected chi connectivity index (χ1v) is 6.95. The number of aromatic amines is 1. The molecular formula is C15H12Cl2N2O. The van der Waals surface area contributed by atoms with Gasteiger partial charge in [0.15, 0.2) is 6.10 Å². The van der Waals surface area contributed by atoms with Crippen molar-refractivity contribution in [2.45, 2.75) is 13.0 Å². The Kier molecular flexibility index (Phi) is 3.55. The average Bonchev–Trinajstić information content (AvgIpc) is 2.84. The van der Waals surface area contributed by atoms with Crippen LogP contribution >= 0.6 is 23.2 Å². The molecule has 20 heavy (non-hydrogen) atoms. The van der Waals surface area contributed by atoms with Gasteiger partial charge in [0.25, 0.3) is 0 Å². The monoisotopic (exact) mass is 306 g/mol. The van der Waals surface area contributed by atoms with Crippen LogP contribution in [0.4, 0.5) is 0 Å². The molecule has 3 aromatic rings. The molecular weight excluding hydrogens is 295 g/mol. The summed E-state index contributed by atoms with van der Waals surface area (Å²) in [6.07, 6.45) is -0.235. The van der Waals surface area contributed by atoms with Gasteiger partial charge in [0.1, 0.15) is 11.6 Å². The second-order valence-electron chi connectivity index (χ2n) is 4.47. The van der Waals surface area contributed by atoms with Crippen molar-refractivity contribution < 1.29 is 4.74 Å². The Hall–Kier alpha value is -1.71. The number of hydrogen-bond acceptors (Lipinski definition) is 2. The molecule has 0 aliphatic rings. The number of hydrogen-bond donors (Lipinski definition) is 1. The molecule has 3 rings (SSSR count). The van der Waals surface area contributed by atoms with Gasteiger partial charge in [-0.2, -0.15) is 0 Å². The third-order valence-electron chi connectivity index (χ3n) is 2.99. The van der Waals surface area contributed by atoms with E-state index in [9.17, 15) is 0 Å². The number of benzene rings is 2. The van der Waals surface area contributed by atoms with E-state index in [-0.39, 0.29) is 6.10 Å². The van der Waals surface area contributed by atoms with Crippen LogP contribution in [0.5, 0.6) is 5.75 Å².